The highest BCUT2D eigenvalue weighted by molar-refractivity contribution is 6.05. The molecule has 1 N–H and O–H groups in total. The number of hydrogen-bond donors (Lipinski definition) is 1. The molecule has 1 radical (unpaired) electrons. The largest absolute Gasteiger partial charge is 0.492 e. The van der Waals surface area contributed by atoms with Gasteiger partial charge in [0.25, 0.3) is 5.91 Å². The number of morpholine rings is 1. The highest BCUT2D eigenvalue weighted by atomic mass is 16.5. The fourth-order valence-electron chi connectivity index (χ4n) is 3.95. The van der Waals surface area contributed by atoms with Crippen molar-refractivity contribution < 1.29 is 19.0 Å². The van der Waals surface area contributed by atoms with Crippen LogP contribution in [-0.4, -0.2) is 67.3 Å². The van der Waals surface area contributed by atoms with Gasteiger partial charge in [-0.2, -0.15) is 0 Å². The number of nitrogens with one attached hydrogen (secondary N) is 1. The molecule has 1 aromatic carbocycles. The van der Waals surface area contributed by atoms with E-state index < -0.39 is 0 Å². The van der Waals surface area contributed by atoms with Gasteiger partial charge in [-0.15, -0.1) is 0 Å². The van der Waals surface area contributed by atoms with Crippen LogP contribution in [0.3, 0.4) is 0 Å². The maximum Gasteiger partial charge on any atom is 0.281 e. The number of aromatic nitrogens is 2. The summed E-state index contributed by atoms with van der Waals surface area (Å²) in [7, 11) is 1.57. The Labute approximate surface area is 203 Å². The quantitative estimate of drug-likeness (QED) is 0.533. The highest BCUT2D eigenvalue weighted by Crippen LogP contribution is 2.30. The Bertz CT molecular complexity index is 1220. The van der Waals surface area contributed by atoms with Crippen molar-refractivity contribution in [3.05, 3.63) is 65.9 Å². The number of nitrogens with zero attached hydrogens (tertiary/aromatic N) is 4. The second kappa shape index (κ2) is 10.5. The second-order valence-electron chi connectivity index (χ2n) is 8.09. The lowest BCUT2D eigenvalue weighted by atomic mass is 10.0. The molecule has 2 aromatic heterocycles. The van der Waals surface area contributed by atoms with Gasteiger partial charge in [0.15, 0.2) is 0 Å². The number of ether oxygens (including phenoxy) is 3. The molecular formula is C26H26N5O4. The minimum absolute atomic E-state index is 0.342. The van der Waals surface area contributed by atoms with E-state index in [4.69, 9.17) is 19.2 Å². The molecule has 2 aliphatic heterocycles. The molecule has 3 aromatic rings. The van der Waals surface area contributed by atoms with Crippen molar-refractivity contribution in [2.45, 2.75) is 0 Å². The van der Waals surface area contributed by atoms with E-state index in [2.05, 4.69) is 20.5 Å². The molecule has 1 fully saturated rings. The molecule has 0 unspecified atom stereocenters. The van der Waals surface area contributed by atoms with Gasteiger partial charge in [0.1, 0.15) is 18.2 Å². The number of carbonyl (C=O) groups is 1. The summed E-state index contributed by atoms with van der Waals surface area (Å²) in [4.78, 5) is 24.1. The average molecular weight is 473 g/mol. The molecule has 4 heterocycles. The molecule has 0 spiro atoms. The summed E-state index contributed by atoms with van der Waals surface area (Å²) in [5, 5.41) is 7.20. The van der Waals surface area contributed by atoms with Crippen molar-refractivity contribution in [1.82, 2.24) is 20.2 Å². The van der Waals surface area contributed by atoms with Crippen molar-refractivity contribution in [2.75, 3.05) is 51.9 Å². The molecule has 9 nitrogen and oxygen atoms in total. The van der Waals surface area contributed by atoms with Gasteiger partial charge in [0.2, 0.25) is 5.88 Å². The maximum atomic E-state index is 12.6. The lowest BCUT2D eigenvalue weighted by molar-refractivity contribution is 0.0322. The van der Waals surface area contributed by atoms with Crippen LogP contribution in [0.2, 0.25) is 0 Å². The Morgan fingerprint density at radius 1 is 1.06 bits per heavy atom. The second-order valence-corrected chi connectivity index (χ2v) is 8.09. The molecule has 0 aliphatic carbocycles. The molecule has 0 atom stereocenters. The maximum absolute atomic E-state index is 12.6. The molecule has 0 saturated carbocycles. The van der Waals surface area contributed by atoms with E-state index in [1.54, 1.807) is 19.3 Å². The van der Waals surface area contributed by atoms with Gasteiger partial charge < -0.3 is 19.5 Å². The monoisotopic (exact) mass is 472 g/mol. The Kier molecular flexibility index (Phi) is 6.87. The van der Waals surface area contributed by atoms with Gasteiger partial charge in [-0.3, -0.25) is 9.69 Å². The standard InChI is InChI=1S/C26H26N5O4/c1-33-23-4-2-3-21(29-23)22-17-18-9-10-27-26(32)24(18)25(30-22)28-19-5-7-20(8-6-19)35-16-13-31-11-14-34-15-12-31/h2-10,17H,11-16H2,1H3,(H,28,30). The molecule has 9 heteroatoms. The van der Waals surface area contributed by atoms with E-state index in [1.807, 2.05) is 42.5 Å². The van der Waals surface area contributed by atoms with Gasteiger partial charge in [-0.1, -0.05) is 6.07 Å². The number of benzene rings is 1. The van der Waals surface area contributed by atoms with Crippen LogP contribution in [0, 0.1) is 0 Å². The molecule has 179 valence electrons. The van der Waals surface area contributed by atoms with Crippen LogP contribution in [0.15, 0.2) is 54.7 Å². The number of fused-ring (bicyclic) bond motifs is 1. The van der Waals surface area contributed by atoms with Crippen LogP contribution in [0.1, 0.15) is 15.9 Å². The molecule has 1 amide bonds. The third-order valence-corrected chi connectivity index (χ3v) is 5.80. The summed E-state index contributed by atoms with van der Waals surface area (Å²) >= 11 is 0. The fourth-order valence-corrected chi connectivity index (χ4v) is 3.95. The minimum atomic E-state index is -0.342. The Morgan fingerprint density at radius 2 is 1.89 bits per heavy atom. The van der Waals surface area contributed by atoms with Crippen molar-refractivity contribution >= 4 is 23.5 Å². The minimum Gasteiger partial charge on any atom is -0.492 e. The molecule has 1 saturated heterocycles. The normalized spacial score (nSPS) is 15.3. The molecular weight excluding hydrogens is 446 g/mol. The first kappa shape index (κ1) is 22.8. The smallest absolute Gasteiger partial charge is 0.281 e. The van der Waals surface area contributed by atoms with Crippen LogP contribution in [0.4, 0.5) is 11.5 Å². The van der Waals surface area contributed by atoms with Crippen LogP contribution in [-0.2, 0) is 4.74 Å². The summed E-state index contributed by atoms with van der Waals surface area (Å²) in [6.45, 7) is 4.91. The number of anilines is 2. The third kappa shape index (κ3) is 5.42. The lowest BCUT2D eigenvalue weighted by Gasteiger charge is -2.26. The van der Waals surface area contributed by atoms with E-state index in [1.165, 1.54) is 6.20 Å². The van der Waals surface area contributed by atoms with Gasteiger partial charge in [0, 0.05) is 37.6 Å². The van der Waals surface area contributed by atoms with Crippen molar-refractivity contribution in [2.24, 2.45) is 0 Å². The van der Waals surface area contributed by atoms with E-state index in [-0.39, 0.29) is 5.91 Å². The van der Waals surface area contributed by atoms with Crippen LogP contribution in [0.25, 0.3) is 17.5 Å². The number of pyridine rings is 2. The van der Waals surface area contributed by atoms with Crippen LogP contribution in [0.5, 0.6) is 11.6 Å². The van der Waals surface area contributed by atoms with Gasteiger partial charge in [-0.05, 0) is 48.0 Å². The van der Waals surface area contributed by atoms with E-state index in [0.717, 1.165) is 49.8 Å². The van der Waals surface area contributed by atoms with Crippen molar-refractivity contribution in [3.8, 4) is 23.0 Å². The molecule has 2 aliphatic rings. The highest BCUT2D eigenvalue weighted by Gasteiger charge is 2.22. The number of methoxy groups -OCH3 is 1. The van der Waals surface area contributed by atoms with E-state index >= 15 is 0 Å². The summed E-state index contributed by atoms with van der Waals surface area (Å²) in [6.07, 6.45) is 3.29. The summed E-state index contributed by atoms with van der Waals surface area (Å²) in [6, 6.07) is 14.9. The Balaban J connectivity index is 1.34. The van der Waals surface area contributed by atoms with Gasteiger partial charge in [-0.25, -0.2) is 15.3 Å². The van der Waals surface area contributed by atoms with Gasteiger partial charge >= 0.3 is 0 Å². The van der Waals surface area contributed by atoms with Crippen molar-refractivity contribution in [1.29, 1.82) is 0 Å². The summed E-state index contributed by atoms with van der Waals surface area (Å²) in [5.41, 5.74) is 3.18. The summed E-state index contributed by atoms with van der Waals surface area (Å²) in [5.74, 6) is 1.34. The number of carbonyl (C=O) groups excluding carboxylic acids is 1. The summed E-state index contributed by atoms with van der Waals surface area (Å²) < 4.78 is 16.5. The number of hydrogen-bond acceptors (Lipinski definition) is 8. The molecule has 0 bridgehead atoms. The number of amides is 1. The van der Waals surface area contributed by atoms with E-state index in [0.29, 0.717) is 35.3 Å². The third-order valence-electron chi connectivity index (χ3n) is 5.80. The Morgan fingerprint density at radius 3 is 2.69 bits per heavy atom. The zero-order valence-corrected chi connectivity index (χ0v) is 19.4. The van der Waals surface area contributed by atoms with Crippen molar-refractivity contribution in [3.63, 3.8) is 0 Å². The van der Waals surface area contributed by atoms with Gasteiger partial charge in [0.05, 0.1) is 37.3 Å². The van der Waals surface area contributed by atoms with Crippen LogP contribution >= 0.6 is 0 Å². The SMILES string of the molecule is COc1cccc(-c2cc3c(c(Nc4ccc(OCCN5CCOCC5)cc4)n2)C(=O)[N]C=C3)n1. The zero-order valence-electron chi connectivity index (χ0n) is 19.4. The Hall–Kier alpha value is -3.95. The van der Waals surface area contributed by atoms with E-state index in [9.17, 15) is 4.79 Å². The fraction of sp³-hybridized carbons (Fsp3) is 0.269. The topological polar surface area (TPSA) is 99.9 Å². The first-order valence-electron chi connectivity index (χ1n) is 11.5. The number of rotatable bonds is 8. The predicted octanol–water partition coefficient (Wildman–Crippen LogP) is 3.34. The van der Waals surface area contributed by atoms with Crippen LogP contribution < -0.4 is 20.1 Å². The molecule has 5 rings (SSSR count). The average Bonchev–Trinajstić information content (AvgIpc) is 2.90. The lowest BCUT2D eigenvalue weighted by Crippen LogP contribution is -2.38. The zero-order chi connectivity index (χ0) is 24.0. The predicted molar refractivity (Wildman–Crippen MR) is 132 cm³/mol. The first-order chi connectivity index (χ1) is 17.2. The molecule has 35 heavy (non-hydrogen) atoms. The first-order valence-corrected chi connectivity index (χ1v) is 11.5.